The predicted molar refractivity (Wildman–Crippen MR) is 92.8 cm³/mol. The molecule has 0 bridgehead atoms. The van der Waals surface area contributed by atoms with Crippen LogP contribution in [0.5, 0.6) is 0 Å². The molecule has 24 heavy (non-hydrogen) atoms. The minimum atomic E-state index is -0.586. The lowest BCUT2D eigenvalue weighted by molar-refractivity contribution is -0.147. The third kappa shape index (κ3) is 2.23. The Balaban J connectivity index is 1.82. The SMILES string of the molecule is C=CC1=C[C@@H](n2ccc3c(C(C)C)ncnc32)[C@@H]2OC(C)(C)O[C@H]12. The largest absolute Gasteiger partial charge is 0.342 e. The Hall–Kier alpha value is -1.98. The smallest absolute Gasteiger partial charge is 0.164 e. The van der Waals surface area contributed by atoms with Crippen LogP contribution < -0.4 is 0 Å². The van der Waals surface area contributed by atoms with Crippen LogP contribution in [0.25, 0.3) is 11.0 Å². The number of aromatic nitrogens is 3. The fraction of sp³-hybridized carbons (Fsp3) is 0.474. The van der Waals surface area contributed by atoms with Crippen molar-refractivity contribution in [2.45, 2.75) is 57.6 Å². The summed E-state index contributed by atoms with van der Waals surface area (Å²) in [5.74, 6) is -0.233. The average Bonchev–Trinajstić information content (AvgIpc) is 3.17. The van der Waals surface area contributed by atoms with Crippen molar-refractivity contribution in [1.82, 2.24) is 14.5 Å². The summed E-state index contributed by atoms with van der Waals surface area (Å²) < 4.78 is 14.4. The molecule has 2 aromatic rings. The lowest BCUT2D eigenvalue weighted by Crippen LogP contribution is -2.27. The van der Waals surface area contributed by atoms with Crippen LogP contribution in [-0.2, 0) is 9.47 Å². The van der Waals surface area contributed by atoms with Gasteiger partial charge in [-0.3, -0.25) is 0 Å². The van der Waals surface area contributed by atoms with Crippen LogP contribution in [0.3, 0.4) is 0 Å². The Kier molecular flexibility index (Phi) is 3.41. The van der Waals surface area contributed by atoms with E-state index in [0.717, 1.165) is 22.3 Å². The molecule has 2 aromatic heterocycles. The molecule has 0 saturated carbocycles. The molecule has 0 unspecified atom stereocenters. The summed E-state index contributed by atoms with van der Waals surface area (Å²) in [6, 6.07) is 2.14. The molecule has 0 aromatic carbocycles. The van der Waals surface area contributed by atoms with Crippen molar-refractivity contribution in [2.24, 2.45) is 0 Å². The quantitative estimate of drug-likeness (QED) is 0.862. The van der Waals surface area contributed by atoms with Crippen molar-refractivity contribution in [3.05, 3.63) is 48.6 Å². The Morgan fingerprint density at radius 3 is 2.79 bits per heavy atom. The zero-order chi connectivity index (χ0) is 17.1. The first-order valence-electron chi connectivity index (χ1n) is 8.42. The molecule has 5 heteroatoms. The third-order valence-corrected chi connectivity index (χ3v) is 4.80. The van der Waals surface area contributed by atoms with E-state index < -0.39 is 5.79 Å². The van der Waals surface area contributed by atoms with Gasteiger partial charge < -0.3 is 14.0 Å². The second kappa shape index (κ2) is 5.26. The lowest BCUT2D eigenvalue weighted by Gasteiger charge is -2.22. The van der Waals surface area contributed by atoms with Gasteiger partial charge in [-0.1, -0.05) is 32.6 Å². The molecule has 0 N–H and O–H groups in total. The second-order valence-corrected chi connectivity index (χ2v) is 7.26. The fourth-order valence-corrected chi connectivity index (χ4v) is 3.80. The molecule has 3 heterocycles. The van der Waals surface area contributed by atoms with Crippen LogP contribution in [0.4, 0.5) is 0 Å². The Bertz CT molecular complexity index is 834. The normalized spacial score (nSPS) is 28.4. The van der Waals surface area contributed by atoms with Gasteiger partial charge in [0, 0.05) is 11.6 Å². The van der Waals surface area contributed by atoms with Crippen LogP contribution in [0.15, 0.2) is 42.9 Å². The van der Waals surface area contributed by atoms with Crippen molar-refractivity contribution in [3.8, 4) is 0 Å². The molecule has 2 aliphatic rings. The number of ether oxygens (including phenoxy) is 2. The van der Waals surface area contributed by atoms with Gasteiger partial charge in [0.25, 0.3) is 0 Å². The van der Waals surface area contributed by atoms with Crippen LogP contribution in [0, 0.1) is 0 Å². The molecule has 1 aliphatic carbocycles. The number of fused-ring (bicyclic) bond motifs is 2. The summed E-state index contributed by atoms with van der Waals surface area (Å²) in [7, 11) is 0. The Morgan fingerprint density at radius 2 is 2.08 bits per heavy atom. The minimum absolute atomic E-state index is 0.0391. The monoisotopic (exact) mass is 325 g/mol. The van der Waals surface area contributed by atoms with E-state index >= 15 is 0 Å². The van der Waals surface area contributed by atoms with Crippen molar-refractivity contribution in [1.29, 1.82) is 0 Å². The maximum absolute atomic E-state index is 6.18. The van der Waals surface area contributed by atoms with Crippen LogP contribution in [0.1, 0.15) is 45.3 Å². The molecule has 1 aliphatic heterocycles. The van der Waals surface area contributed by atoms with E-state index in [1.807, 2.05) is 19.9 Å². The van der Waals surface area contributed by atoms with Crippen molar-refractivity contribution < 1.29 is 9.47 Å². The number of nitrogens with zero attached hydrogens (tertiary/aromatic N) is 3. The molecule has 0 radical (unpaired) electrons. The van der Waals surface area contributed by atoms with Gasteiger partial charge in [-0.2, -0.15) is 0 Å². The highest BCUT2D eigenvalue weighted by Gasteiger charge is 2.50. The van der Waals surface area contributed by atoms with Crippen molar-refractivity contribution >= 4 is 11.0 Å². The minimum Gasteiger partial charge on any atom is -0.342 e. The van der Waals surface area contributed by atoms with E-state index in [9.17, 15) is 0 Å². The van der Waals surface area contributed by atoms with Gasteiger partial charge in [0.05, 0.1) is 11.7 Å². The van der Waals surface area contributed by atoms with Gasteiger partial charge in [0.2, 0.25) is 0 Å². The highest BCUT2D eigenvalue weighted by Crippen LogP contribution is 2.44. The van der Waals surface area contributed by atoms with E-state index in [0.29, 0.717) is 5.92 Å². The second-order valence-electron chi connectivity index (χ2n) is 7.26. The molecule has 0 amide bonds. The summed E-state index contributed by atoms with van der Waals surface area (Å²) in [5, 5.41) is 1.10. The first-order chi connectivity index (χ1) is 11.4. The molecule has 126 valence electrons. The fourth-order valence-electron chi connectivity index (χ4n) is 3.80. The highest BCUT2D eigenvalue weighted by atomic mass is 16.8. The zero-order valence-electron chi connectivity index (χ0n) is 14.6. The molecular weight excluding hydrogens is 302 g/mol. The summed E-state index contributed by atoms with van der Waals surface area (Å²) >= 11 is 0. The summed E-state index contributed by atoms with van der Waals surface area (Å²) in [6.45, 7) is 12.1. The number of hydrogen-bond donors (Lipinski definition) is 0. The Morgan fingerprint density at radius 1 is 1.29 bits per heavy atom. The van der Waals surface area contributed by atoms with Gasteiger partial charge >= 0.3 is 0 Å². The maximum Gasteiger partial charge on any atom is 0.164 e. The molecule has 0 spiro atoms. The molecule has 1 fully saturated rings. The first kappa shape index (κ1) is 15.5. The zero-order valence-corrected chi connectivity index (χ0v) is 14.6. The molecule has 1 saturated heterocycles. The first-order valence-corrected chi connectivity index (χ1v) is 8.42. The summed E-state index contributed by atoms with van der Waals surface area (Å²) in [4.78, 5) is 8.99. The van der Waals surface area contributed by atoms with E-state index in [1.165, 1.54) is 0 Å². The van der Waals surface area contributed by atoms with Gasteiger partial charge in [0.1, 0.15) is 24.2 Å². The standard InChI is InChI=1S/C19H23N3O2/c1-6-12-9-14(17-16(12)23-19(4,5)24-17)22-8-7-13-15(11(2)3)20-10-21-18(13)22/h6-11,14,16-17H,1H2,2-5H3/t14-,16-,17+/m1/s1. The topological polar surface area (TPSA) is 49.2 Å². The highest BCUT2D eigenvalue weighted by molar-refractivity contribution is 5.79. The number of rotatable bonds is 3. The predicted octanol–water partition coefficient (Wildman–Crippen LogP) is 3.74. The van der Waals surface area contributed by atoms with E-state index in [1.54, 1.807) is 6.33 Å². The van der Waals surface area contributed by atoms with Crippen LogP contribution >= 0.6 is 0 Å². The molecular formula is C19H23N3O2. The van der Waals surface area contributed by atoms with E-state index in [4.69, 9.17) is 9.47 Å². The average molecular weight is 325 g/mol. The van der Waals surface area contributed by atoms with E-state index in [-0.39, 0.29) is 18.2 Å². The summed E-state index contributed by atoms with van der Waals surface area (Å²) in [6.07, 6.45) is 7.61. The van der Waals surface area contributed by atoms with Gasteiger partial charge in [-0.05, 0) is 31.4 Å². The van der Waals surface area contributed by atoms with Crippen molar-refractivity contribution in [3.63, 3.8) is 0 Å². The summed E-state index contributed by atoms with van der Waals surface area (Å²) in [5.41, 5.74) is 3.09. The van der Waals surface area contributed by atoms with Crippen LogP contribution in [0.2, 0.25) is 0 Å². The molecule has 5 nitrogen and oxygen atoms in total. The van der Waals surface area contributed by atoms with Crippen molar-refractivity contribution in [2.75, 3.05) is 0 Å². The van der Waals surface area contributed by atoms with Crippen LogP contribution in [-0.4, -0.2) is 32.5 Å². The Labute approximate surface area is 142 Å². The van der Waals surface area contributed by atoms with Gasteiger partial charge in [0.15, 0.2) is 5.79 Å². The lowest BCUT2D eigenvalue weighted by atomic mass is 10.1. The van der Waals surface area contributed by atoms with Gasteiger partial charge in [-0.15, -0.1) is 0 Å². The van der Waals surface area contributed by atoms with E-state index in [2.05, 4.69) is 53.3 Å². The molecule has 3 atom stereocenters. The third-order valence-electron chi connectivity index (χ3n) is 4.80. The van der Waals surface area contributed by atoms with Gasteiger partial charge in [-0.25, -0.2) is 9.97 Å². The maximum atomic E-state index is 6.18. The molecule has 4 rings (SSSR count). The number of hydrogen-bond acceptors (Lipinski definition) is 4.